The lowest BCUT2D eigenvalue weighted by Gasteiger charge is -2.07. The number of benzene rings is 1. The molecule has 2 heteroatoms. The summed E-state index contributed by atoms with van der Waals surface area (Å²) in [6.07, 6.45) is 2.18. The van der Waals surface area contributed by atoms with Gasteiger partial charge in [-0.15, -0.1) is 0 Å². The van der Waals surface area contributed by atoms with Gasteiger partial charge in [0.1, 0.15) is 0 Å². The van der Waals surface area contributed by atoms with E-state index < -0.39 is 11.9 Å². The third-order valence-corrected chi connectivity index (χ3v) is 2.39. The maximum absolute atomic E-state index is 10.7. The van der Waals surface area contributed by atoms with Crippen molar-refractivity contribution < 1.29 is 9.90 Å². The third-order valence-electron chi connectivity index (χ3n) is 2.39. The molecule has 14 heavy (non-hydrogen) atoms. The molecule has 0 aromatic heterocycles. The minimum Gasteiger partial charge on any atom is -0.481 e. The van der Waals surface area contributed by atoms with Crippen LogP contribution in [-0.4, -0.2) is 11.1 Å². The average Bonchev–Trinajstić information content (AvgIpc) is 2.18. The Balaban J connectivity index is 2.77. The van der Waals surface area contributed by atoms with Crippen molar-refractivity contribution in [3.05, 3.63) is 35.4 Å². The van der Waals surface area contributed by atoms with Gasteiger partial charge in [0.2, 0.25) is 0 Å². The molecule has 1 rings (SSSR count). The summed E-state index contributed by atoms with van der Waals surface area (Å²) in [5.41, 5.74) is 2.14. The van der Waals surface area contributed by atoms with Gasteiger partial charge in [0.25, 0.3) is 0 Å². The Bertz CT molecular complexity index is 301. The predicted octanol–water partition coefficient (Wildman–Crippen LogP) is 2.83. The fourth-order valence-corrected chi connectivity index (χ4v) is 1.40. The number of aliphatic carboxylic acids is 1. The lowest BCUT2D eigenvalue weighted by atomic mass is 9.99. The van der Waals surface area contributed by atoms with Crippen molar-refractivity contribution in [3.8, 4) is 0 Å². The van der Waals surface area contributed by atoms with Gasteiger partial charge in [-0.25, -0.2) is 0 Å². The zero-order chi connectivity index (χ0) is 10.6. The van der Waals surface area contributed by atoms with Crippen molar-refractivity contribution in [3.63, 3.8) is 0 Å². The molecule has 0 spiro atoms. The van der Waals surface area contributed by atoms with Crippen LogP contribution >= 0.6 is 0 Å². The number of carboxylic acids is 1. The summed E-state index contributed by atoms with van der Waals surface area (Å²) in [6, 6.07) is 7.84. The number of carbonyl (C=O) groups is 1. The zero-order valence-corrected chi connectivity index (χ0v) is 8.66. The molecule has 1 aromatic carbocycles. The first-order chi connectivity index (χ1) is 6.65. The maximum atomic E-state index is 10.7. The van der Waals surface area contributed by atoms with Crippen LogP contribution in [0.1, 0.15) is 37.3 Å². The monoisotopic (exact) mass is 192 g/mol. The first-order valence-electron chi connectivity index (χ1n) is 4.96. The van der Waals surface area contributed by atoms with E-state index in [9.17, 15) is 4.79 Å². The van der Waals surface area contributed by atoms with Gasteiger partial charge in [-0.2, -0.15) is 0 Å². The summed E-state index contributed by atoms with van der Waals surface area (Å²) in [5.74, 6) is -1.18. The second-order valence-electron chi connectivity index (χ2n) is 3.55. The number of rotatable bonds is 4. The van der Waals surface area contributed by atoms with Crippen LogP contribution in [0.2, 0.25) is 0 Å². The van der Waals surface area contributed by atoms with Crippen LogP contribution in [0.15, 0.2) is 24.3 Å². The van der Waals surface area contributed by atoms with Gasteiger partial charge in [-0.1, -0.05) is 37.6 Å². The van der Waals surface area contributed by atoms with E-state index in [1.54, 1.807) is 6.92 Å². The number of hydrogen-bond acceptors (Lipinski definition) is 1. The highest BCUT2D eigenvalue weighted by Crippen LogP contribution is 2.16. The minimum atomic E-state index is -0.770. The molecule has 0 radical (unpaired) electrons. The van der Waals surface area contributed by atoms with Crippen molar-refractivity contribution >= 4 is 5.97 Å². The summed E-state index contributed by atoms with van der Waals surface area (Å²) < 4.78 is 0. The largest absolute Gasteiger partial charge is 0.481 e. The zero-order valence-electron chi connectivity index (χ0n) is 8.66. The standard InChI is InChI=1S/C12H16O2/c1-3-4-10-5-7-11(8-6-10)9(2)12(13)14/h5-9H,3-4H2,1-2H3,(H,13,14)/t9-/m0/s1. The van der Waals surface area contributed by atoms with Crippen molar-refractivity contribution in [2.45, 2.75) is 32.6 Å². The molecule has 0 heterocycles. The van der Waals surface area contributed by atoms with E-state index in [0.717, 1.165) is 18.4 Å². The van der Waals surface area contributed by atoms with Crippen LogP contribution in [0.5, 0.6) is 0 Å². The molecule has 1 aromatic rings. The predicted molar refractivity (Wildman–Crippen MR) is 56.5 cm³/mol. The van der Waals surface area contributed by atoms with Crippen molar-refractivity contribution in [2.24, 2.45) is 0 Å². The first kappa shape index (κ1) is 10.8. The number of aryl methyl sites for hydroxylation is 1. The number of carboxylic acid groups (broad SMARTS) is 1. The molecule has 0 aliphatic rings. The molecule has 76 valence electrons. The summed E-state index contributed by atoms with van der Waals surface area (Å²) in [5, 5.41) is 8.81. The molecular formula is C12H16O2. The molecule has 0 aliphatic carbocycles. The number of hydrogen-bond donors (Lipinski definition) is 1. The molecule has 1 atom stereocenters. The molecule has 0 bridgehead atoms. The second-order valence-corrected chi connectivity index (χ2v) is 3.55. The first-order valence-corrected chi connectivity index (χ1v) is 4.96. The van der Waals surface area contributed by atoms with E-state index >= 15 is 0 Å². The van der Waals surface area contributed by atoms with E-state index in [1.807, 2.05) is 24.3 Å². The molecule has 0 amide bonds. The molecule has 0 saturated heterocycles. The van der Waals surface area contributed by atoms with Gasteiger partial charge in [0.05, 0.1) is 5.92 Å². The minimum absolute atomic E-state index is 0.411. The molecule has 0 aliphatic heterocycles. The van der Waals surface area contributed by atoms with E-state index in [4.69, 9.17) is 5.11 Å². The summed E-state index contributed by atoms with van der Waals surface area (Å²) in [7, 11) is 0. The van der Waals surface area contributed by atoms with Crippen molar-refractivity contribution in [1.29, 1.82) is 0 Å². The van der Waals surface area contributed by atoms with Gasteiger partial charge < -0.3 is 5.11 Å². The van der Waals surface area contributed by atoms with Crippen LogP contribution in [0.3, 0.4) is 0 Å². The van der Waals surface area contributed by atoms with Gasteiger partial charge in [-0.05, 0) is 24.5 Å². The van der Waals surface area contributed by atoms with Crippen LogP contribution in [0.25, 0.3) is 0 Å². The normalized spacial score (nSPS) is 12.4. The Kier molecular flexibility index (Phi) is 3.69. The highest BCUT2D eigenvalue weighted by molar-refractivity contribution is 5.75. The highest BCUT2D eigenvalue weighted by Gasteiger charge is 2.12. The van der Waals surface area contributed by atoms with E-state index in [1.165, 1.54) is 5.56 Å². The van der Waals surface area contributed by atoms with Crippen LogP contribution in [-0.2, 0) is 11.2 Å². The van der Waals surface area contributed by atoms with E-state index in [-0.39, 0.29) is 0 Å². The Morgan fingerprint density at radius 2 is 1.93 bits per heavy atom. The van der Waals surface area contributed by atoms with Gasteiger partial charge >= 0.3 is 5.97 Å². The summed E-state index contributed by atoms with van der Waals surface area (Å²) >= 11 is 0. The Morgan fingerprint density at radius 1 is 1.36 bits per heavy atom. The van der Waals surface area contributed by atoms with Gasteiger partial charge in [-0.3, -0.25) is 4.79 Å². The van der Waals surface area contributed by atoms with Gasteiger partial charge in [0, 0.05) is 0 Å². The fourth-order valence-electron chi connectivity index (χ4n) is 1.40. The smallest absolute Gasteiger partial charge is 0.310 e. The third kappa shape index (κ3) is 2.59. The molecule has 0 fully saturated rings. The Labute approximate surface area is 84.6 Å². The van der Waals surface area contributed by atoms with Crippen molar-refractivity contribution in [2.75, 3.05) is 0 Å². The van der Waals surface area contributed by atoms with Crippen LogP contribution in [0.4, 0.5) is 0 Å². The molecule has 0 unspecified atom stereocenters. The van der Waals surface area contributed by atoms with Crippen LogP contribution in [0, 0.1) is 0 Å². The lowest BCUT2D eigenvalue weighted by Crippen LogP contribution is -2.07. The molecule has 1 N–H and O–H groups in total. The van der Waals surface area contributed by atoms with Crippen LogP contribution < -0.4 is 0 Å². The van der Waals surface area contributed by atoms with E-state index in [2.05, 4.69) is 6.92 Å². The highest BCUT2D eigenvalue weighted by atomic mass is 16.4. The SMILES string of the molecule is CCCc1ccc([C@H](C)C(=O)O)cc1. The molecule has 0 saturated carbocycles. The Hall–Kier alpha value is -1.31. The van der Waals surface area contributed by atoms with Crippen molar-refractivity contribution in [1.82, 2.24) is 0 Å². The molecular weight excluding hydrogens is 176 g/mol. The fraction of sp³-hybridized carbons (Fsp3) is 0.417. The molecule has 2 nitrogen and oxygen atoms in total. The maximum Gasteiger partial charge on any atom is 0.310 e. The summed E-state index contributed by atoms with van der Waals surface area (Å²) in [6.45, 7) is 3.84. The van der Waals surface area contributed by atoms with Gasteiger partial charge in [0.15, 0.2) is 0 Å². The van der Waals surface area contributed by atoms with E-state index in [0.29, 0.717) is 0 Å². The Morgan fingerprint density at radius 3 is 2.36 bits per heavy atom. The quantitative estimate of drug-likeness (QED) is 0.796. The average molecular weight is 192 g/mol. The second kappa shape index (κ2) is 4.80. The summed E-state index contributed by atoms with van der Waals surface area (Å²) in [4.78, 5) is 10.7. The topological polar surface area (TPSA) is 37.3 Å². The lowest BCUT2D eigenvalue weighted by molar-refractivity contribution is -0.138.